The fourth-order valence-corrected chi connectivity index (χ4v) is 3.79. The number of urea groups is 1. The average Bonchev–Trinajstić information content (AvgIpc) is 2.89. The van der Waals surface area contributed by atoms with Crippen molar-refractivity contribution in [1.82, 2.24) is 10.2 Å². The maximum absolute atomic E-state index is 12.5. The van der Waals surface area contributed by atoms with Crippen molar-refractivity contribution in [2.45, 2.75) is 25.8 Å². The zero-order valence-corrected chi connectivity index (χ0v) is 15.0. The summed E-state index contributed by atoms with van der Waals surface area (Å²) in [5.74, 6) is 0.0241. The van der Waals surface area contributed by atoms with E-state index in [0.717, 1.165) is 22.4 Å². The molecule has 0 aromatic heterocycles. The second-order valence-electron chi connectivity index (χ2n) is 7.40. The van der Waals surface area contributed by atoms with Crippen molar-refractivity contribution in [1.29, 1.82) is 0 Å². The summed E-state index contributed by atoms with van der Waals surface area (Å²) in [5.41, 5.74) is 4.19. The molecular formula is C21H23N3O2. The van der Waals surface area contributed by atoms with E-state index in [1.807, 2.05) is 44.2 Å². The van der Waals surface area contributed by atoms with E-state index in [1.165, 1.54) is 0 Å². The van der Waals surface area contributed by atoms with Gasteiger partial charge >= 0.3 is 6.03 Å². The largest absolute Gasteiger partial charge is 0.336 e. The van der Waals surface area contributed by atoms with Crippen molar-refractivity contribution in [3.63, 3.8) is 0 Å². The molecule has 0 aliphatic carbocycles. The van der Waals surface area contributed by atoms with Crippen LogP contribution in [0.25, 0.3) is 11.1 Å². The van der Waals surface area contributed by atoms with Crippen LogP contribution in [0.2, 0.25) is 0 Å². The number of carbonyl (C=O) groups is 2. The molecule has 2 N–H and O–H groups in total. The van der Waals surface area contributed by atoms with E-state index in [2.05, 4.69) is 28.8 Å². The Morgan fingerprint density at radius 3 is 2.54 bits per heavy atom. The van der Waals surface area contributed by atoms with Crippen LogP contribution in [0.3, 0.4) is 0 Å². The number of likely N-dealkylation sites (tertiary alicyclic amines) is 1. The molecule has 5 nitrogen and oxygen atoms in total. The van der Waals surface area contributed by atoms with Gasteiger partial charge in [-0.1, -0.05) is 36.4 Å². The number of hydrogen-bond donors (Lipinski definition) is 2. The van der Waals surface area contributed by atoms with Gasteiger partial charge in [0.05, 0.1) is 5.92 Å². The molecule has 1 atom stereocenters. The second-order valence-corrected chi connectivity index (χ2v) is 7.40. The minimum atomic E-state index is -0.184. The lowest BCUT2D eigenvalue weighted by atomic mass is 9.81. The van der Waals surface area contributed by atoms with Gasteiger partial charge in [-0.05, 0) is 42.7 Å². The highest BCUT2D eigenvalue weighted by atomic mass is 16.2. The summed E-state index contributed by atoms with van der Waals surface area (Å²) in [5, 5.41) is 5.90. The van der Waals surface area contributed by atoms with E-state index >= 15 is 0 Å². The van der Waals surface area contributed by atoms with Crippen molar-refractivity contribution in [3.05, 3.63) is 54.1 Å². The maximum Gasteiger partial charge on any atom is 0.317 e. The number of carbonyl (C=O) groups excluding carboxylic acids is 2. The third-order valence-corrected chi connectivity index (χ3v) is 5.11. The smallest absolute Gasteiger partial charge is 0.317 e. The highest BCUT2D eigenvalue weighted by Gasteiger charge is 2.44. The Bertz CT molecular complexity index is 842. The summed E-state index contributed by atoms with van der Waals surface area (Å²) in [7, 11) is 0. The first-order valence-corrected chi connectivity index (χ1v) is 9.08. The number of fused-ring (bicyclic) bond motifs is 1. The fourth-order valence-electron chi connectivity index (χ4n) is 3.79. The van der Waals surface area contributed by atoms with Crippen LogP contribution in [0.1, 0.15) is 25.3 Å². The lowest BCUT2D eigenvalue weighted by Crippen LogP contribution is -2.57. The van der Waals surface area contributed by atoms with Gasteiger partial charge < -0.3 is 15.5 Å². The SMILES string of the molecule is CC(C)NC(=O)N1CC([C@H]2C(=O)Nc3ccc(-c4ccccc4)cc32)C1. The second kappa shape index (κ2) is 6.48. The summed E-state index contributed by atoms with van der Waals surface area (Å²) in [6.45, 7) is 5.12. The molecule has 0 bridgehead atoms. The normalized spacial score (nSPS) is 19.1. The summed E-state index contributed by atoms with van der Waals surface area (Å²) in [6.07, 6.45) is 0. The Hall–Kier alpha value is -2.82. The van der Waals surface area contributed by atoms with Crippen LogP contribution >= 0.6 is 0 Å². The van der Waals surface area contributed by atoms with E-state index in [9.17, 15) is 9.59 Å². The van der Waals surface area contributed by atoms with E-state index in [0.29, 0.717) is 13.1 Å². The van der Waals surface area contributed by atoms with Crippen molar-refractivity contribution in [3.8, 4) is 11.1 Å². The summed E-state index contributed by atoms with van der Waals surface area (Å²) >= 11 is 0. The number of rotatable bonds is 3. The van der Waals surface area contributed by atoms with E-state index in [1.54, 1.807) is 4.90 Å². The molecule has 3 amide bonds. The van der Waals surface area contributed by atoms with Crippen LogP contribution in [-0.4, -0.2) is 36.0 Å². The summed E-state index contributed by atoms with van der Waals surface area (Å²) in [6, 6.07) is 16.4. The molecule has 5 heteroatoms. The topological polar surface area (TPSA) is 61.4 Å². The molecule has 0 radical (unpaired) electrons. The first-order valence-electron chi connectivity index (χ1n) is 9.08. The minimum Gasteiger partial charge on any atom is -0.336 e. The molecule has 2 aromatic carbocycles. The third-order valence-electron chi connectivity index (χ3n) is 5.11. The van der Waals surface area contributed by atoms with Gasteiger partial charge in [0.2, 0.25) is 5.91 Å². The number of nitrogens with one attached hydrogen (secondary N) is 2. The molecule has 2 aromatic rings. The first kappa shape index (κ1) is 16.6. The fraction of sp³-hybridized carbons (Fsp3) is 0.333. The predicted molar refractivity (Wildman–Crippen MR) is 102 cm³/mol. The standard InChI is InChI=1S/C21H23N3O2/c1-13(2)22-21(26)24-11-16(12-24)19-17-10-15(14-6-4-3-5-7-14)8-9-18(17)23-20(19)25/h3-10,13,16,19H,11-12H2,1-2H3,(H,22,26)(H,23,25)/t19-/m1/s1. The highest BCUT2D eigenvalue weighted by Crippen LogP contribution is 2.42. The van der Waals surface area contributed by atoms with Crippen molar-refractivity contribution in [2.24, 2.45) is 5.92 Å². The lowest BCUT2D eigenvalue weighted by molar-refractivity contribution is -0.119. The summed E-state index contributed by atoms with van der Waals surface area (Å²) in [4.78, 5) is 26.4. The number of hydrogen-bond acceptors (Lipinski definition) is 2. The van der Waals surface area contributed by atoms with Gasteiger partial charge in [-0.15, -0.1) is 0 Å². The lowest BCUT2D eigenvalue weighted by Gasteiger charge is -2.42. The van der Waals surface area contributed by atoms with Crippen molar-refractivity contribution in [2.75, 3.05) is 18.4 Å². The van der Waals surface area contributed by atoms with Gasteiger partial charge in [0.25, 0.3) is 0 Å². The van der Waals surface area contributed by atoms with E-state index in [-0.39, 0.29) is 29.8 Å². The monoisotopic (exact) mass is 349 g/mol. The van der Waals surface area contributed by atoms with Crippen LogP contribution in [-0.2, 0) is 4.79 Å². The van der Waals surface area contributed by atoms with Gasteiger partial charge in [-0.25, -0.2) is 4.79 Å². The van der Waals surface area contributed by atoms with Crippen LogP contribution in [0.5, 0.6) is 0 Å². The Morgan fingerprint density at radius 2 is 1.85 bits per heavy atom. The molecular weight excluding hydrogens is 326 g/mol. The van der Waals surface area contributed by atoms with Crippen LogP contribution in [0.15, 0.2) is 48.5 Å². The molecule has 134 valence electrons. The molecule has 1 fully saturated rings. The molecule has 4 rings (SSSR count). The van der Waals surface area contributed by atoms with Crippen molar-refractivity contribution < 1.29 is 9.59 Å². The van der Waals surface area contributed by atoms with Gasteiger partial charge in [0, 0.05) is 30.7 Å². The van der Waals surface area contributed by atoms with Crippen LogP contribution in [0, 0.1) is 5.92 Å². The Kier molecular flexibility index (Phi) is 4.15. The van der Waals surface area contributed by atoms with Gasteiger partial charge in [-0.2, -0.15) is 0 Å². The molecule has 0 saturated carbocycles. The molecule has 2 aliphatic heterocycles. The van der Waals surface area contributed by atoms with Crippen molar-refractivity contribution >= 4 is 17.6 Å². The minimum absolute atomic E-state index is 0.0409. The quantitative estimate of drug-likeness (QED) is 0.892. The highest BCUT2D eigenvalue weighted by molar-refractivity contribution is 6.04. The van der Waals surface area contributed by atoms with Gasteiger partial charge in [0.1, 0.15) is 0 Å². The third kappa shape index (κ3) is 2.94. The molecule has 0 spiro atoms. The van der Waals surface area contributed by atoms with E-state index in [4.69, 9.17) is 0 Å². The van der Waals surface area contributed by atoms with Gasteiger partial charge in [-0.3, -0.25) is 4.79 Å². The number of nitrogens with zero attached hydrogens (tertiary/aromatic N) is 1. The Labute approximate surface area is 153 Å². The first-order chi connectivity index (χ1) is 12.5. The number of benzene rings is 2. The van der Waals surface area contributed by atoms with Crippen LogP contribution in [0.4, 0.5) is 10.5 Å². The average molecular weight is 349 g/mol. The molecule has 26 heavy (non-hydrogen) atoms. The van der Waals surface area contributed by atoms with E-state index < -0.39 is 0 Å². The Balaban J connectivity index is 1.54. The molecule has 2 aliphatic rings. The number of anilines is 1. The summed E-state index contributed by atoms with van der Waals surface area (Å²) < 4.78 is 0. The number of amides is 3. The van der Waals surface area contributed by atoms with Gasteiger partial charge in [0.15, 0.2) is 0 Å². The molecule has 0 unspecified atom stereocenters. The van der Waals surface area contributed by atoms with Crippen LogP contribution < -0.4 is 10.6 Å². The zero-order chi connectivity index (χ0) is 18.3. The zero-order valence-electron chi connectivity index (χ0n) is 15.0. The predicted octanol–water partition coefficient (Wildman–Crippen LogP) is 3.44. The maximum atomic E-state index is 12.5. The Morgan fingerprint density at radius 1 is 1.12 bits per heavy atom. The molecule has 1 saturated heterocycles. The molecule has 2 heterocycles.